The van der Waals surface area contributed by atoms with E-state index in [0.717, 1.165) is 6.42 Å². The molecule has 1 amide bonds. The van der Waals surface area contributed by atoms with Crippen molar-refractivity contribution in [1.29, 1.82) is 0 Å². The number of hydrogen-bond acceptors (Lipinski definition) is 2. The Labute approximate surface area is 79.4 Å². The summed E-state index contributed by atoms with van der Waals surface area (Å²) in [5.74, 6) is 0.00171. The van der Waals surface area contributed by atoms with Crippen molar-refractivity contribution in [2.75, 3.05) is 13.2 Å². The highest BCUT2D eigenvalue weighted by Crippen LogP contribution is 2.27. The summed E-state index contributed by atoms with van der Waals surface area (Å²) in [6.45, 7) is 10.7. The monoisotopic (exact) mass is 183 g/mol. The van der Waals surface area contributed by atoms with Crippen LogP contribution in [0.15, 0.2) is 12.2 Å². The zero-order chi connectivity index (χ0) is 10.1. The number of carbonyl (C=O) groups excluding carboxylic acids is 1. The zero-order valence-electron chi connectivity index (χ0n) is 8.59. The van der Waals surface area contributed by atoms with Gasteiger partial charge in [-0.15, -0.1) is 0 Å². The topological polar surface area (TPSA) is 29.5 Å². The van der Waals surface area contributed by atoms with Crippen LogP contribution in [0.5, 0.6) is 0 Å². The summed E-state index contributed by atoms with van der Waals surface area (Å²) in [5, 5.41) is 0. The van der Waals surface area contributed by atoms with E-state index in [1.54, 1.807) is 11.8 Å². The molecule has 0 aromatic rings. The molecule has 1 unspecified atom stereocenters. The minimum atomic E-state index is -0.421. The molecule has 1 saturated heterocycles. The summed E-state index contributed by atoms with van der Waals surface area (Å²) in [4.78, 5) is 13.4. The van der Waals surface area contributed by atoms with Gasteiger partial charge in [-0.2, -0.15) is 0 Å². The number of amides is 1. The molecule has 0 aromatic carbocycles. The van der Waals surface area contributed by atoms with Crippen LogP contribution in [0.1, 0.15) is 27.2 Å². The van der Waals surface area contributed by atoms with Gasteiger partial charge in [-0.25, -0.2) is 0 Å². The Morgan fingerprint density at radius 1 is 1.69 bits per heavy atom. The fourth-order valence-electron chi connectivity index (χ4n) is 1.51. The van der Waals surface area contributed by atoms with Crippen molar-refractivity contribution in [3.8, 4) is 0 Å². The van der Waals surface area contributed by atoms with Gasteiger partial charge in [0.15, 0.2) is 0 Å². The molecule has 1 rings (SSSR count). The maximum absolute atomic E-state index is 11.7. The van der Waals surface area contributed by atoms with Crippen molar-refractivity contribution in [2.45, 2.75) is 32.9 Å². The van der Waals surface area contributed by atoms with E-state index < -0.39 is 5.72 Å². The van der Waals surface area contributed by atoms with E-state index in [-0.39, 0.29) is 5.91 Å². The van der Waals surface area contributed by atoms with Gasteiger partial charge in [-0.1, -0.05) is 13.5 Å². The third-order valence-corrected chi connectivity index (χ3v) is 2.57. The fraction of sp³-hybridized carbons (Fsp3) is 0.700. The van der Waals surface area contributed by atoms with E-state index >= 15 is 0 Å². The highest BCUT2D eigenvalue weighted by molar-refractivity contribution is 5.92. The molecule has 1 aliphatic rings. The Bertz CT molecular complexity index is 237. The van der Waals surface area contributed by atoms with E-state index in [0.29, 0.717) is 18.7 Å². The summed E-state index contributed by atoms with van der Waals surface area (Å²) in [5.41, 5.74) is 0.154. The number of nitrogens with zero attached hydrogens (tertiary/aromatic N) is 1. The van der Waals surface area contributed by atoms with Crippen LogP contribution in [0.3, 0.4) is 0 Å². The van der Waals surface area contributed by atoms with Gasteiger partial charge in [-0.05, 0) is 20.3 Å². The average Bonchev–Trinajstić information content (AvgIpc) is 2.47. The van der Waals surface area contributed by atoms with Gasteiger partial charge < -0.3 is 9.64 Å². The molecule has 1 atom stereocenters. The van der Waals surface area contributed by atoms with E-state index in [1.807, 2.05) is 13.8 Å². The molecule has 0 aromatic heterocycles. The van der Waals surface area contributed by atoms with Gasteiger partial charge in [0, 0.05) is 12.1 Å². The first kappa shape index (κ1) is 10.3. The molecule has 0 radical (unpaired) electrons. The zero-order valence-corrected chi connectivity index (χ0v) is 8.59. The van der Waals surface area contributed by atoms with Crippen LogP contribution in [0.4, 0.5) is 0 Å². The molecular formula is C10H17NO2. The Hall–Kier alpha value is -0.830. The largest absolute Gasteiger partial charge is 0.354 e. The maximum atomic E-state index is 11.7. The summed E-state index contributed by atoms with van der Waals surface area (Å²) >= 11 is 0. The highest BCUT2D eigenvalue weighted by Gasteiger charge is 2.39. The van der Waals surface area contributed by atoms with Crippen molar-refractivity contribution < 1.29 is 9.53 Å². The predicted octanol–water partition coefficient (Wildman–Crippen LogP) is 1.55. The third kappa shape index (κ3) is 1.75. The van der Waals surface area contributed by atoms with Gasteiger partial charge in [0.1, 0.15) is 5.72 Å². The lowest BCUT2D eigenvalue weighted by atomic mass is 10.1. The lowest BCUT2D eigenvalue weighted by Gasteiger charge is -2.32. The molecule has 13 heavy (non-hydrogen) atoms. The Morgan fingerprint density at radius 2 is 2.31 bits per heavy atom. The quantitative estimate of drug-likeness (QED) is 0.608. The molecule has 1 aliphatic heterocycles. The van der Waals surface area contributed by atoms with Crippen LogP contribution in [0, 0.1) is 0 Å². The molecular weight excluding hydrogens is 166 g/mol. The molecule has 3 nitrogen and oxygen atoms in total. The summed E-state index contributed by atoms with van der Waals surface area (Å²) < 4.78 is 5.54. The molecule has 3 heteroatoms. The highest BCUT2D eigenvalue weighted by atomic mass is 16.5. The number of carbonyl (C=O) groups is 1. The standard InChI is InChI=1S/C10H17NO2/c1-5-10(4)11(6-7-13-10)9(12)8(2)3/h2,5-7H2,1,3-4H3. The summed E-state index contributed by atoms with van der Waals surface area (Å²) in [7, 11) is 0. The second-order valence-electron chi connectivity index (χ2n) is 3.61. The van der Waals surface area contributed by atoms with Crippen LogP contribution in [-0.4, -0.2) is 29.7 Å². The SMILES string of the molecule is C=C(C)C(=O)N1CCOC1(C)CC. The third-order valence-electron chi connectivity index (χ3n) is 2.57. The van der Waals surface area contributed by atoms with Gasteiger partial charge in [0.25, 0.3) is 5.91 Å². The first-order chi connectivity index (χ1) is 6.01. The number of ether oxygens (including phenoxy) is 1. The molecule has 1 fully saturated rings. The number of hydrogen-bond donors (Lipinski definition) is 0. The second kappa shape index (κ2) is 3.50. The van der Waals surface area contributed by atoms with E-state index in [9.17, 15) is 4.79 Å². The van der Waals surface area contributed by atoms with Gasteiger partial charge in [-0.3, -0.25) is 4.79 Å². The second-order valence-corrected chi connectivity index (χ2v) is 3.61. The first-order valence-corrected chi connectivity index (χ1v) is 4.62. The lowest BCUT2D eigenvalue weighted by molar-refractivity contribution is -0.142. The van der Waals surface area contributed by atoms with E-state index in [4.69, 9.17) is 4.74 Å². The van der Waals surface area contributed by atoms with Crippen LogP contribution < -0.4 is 0 Å². The smallest absolute Gasteiger partial charge is 0.251 e. The average molecular weight is 183 g/mol. The molecule has 0 N–H and O–H groups in total. The van der Waals surface area contributed by atoms with Crippen molar-refractivity contribution in [1.82, 2.24) is 4.90 Å². The molecule has 0 saturated carbocycles. The lowest BCUT2D eigenvalue weighted by Crippen LogP contribution is -2.45. The molecule has 0 bridgehead atoms. The minimum absolute atomic E-state index is 0.00171. The van der Waals surface area contributed by atoms with E-state index in [2.05, 4.69) is 6.58 Å². The predicted molar refractivity (Wildman–Crippen MR) is 51.2 cm³/mol. The van der Waals surface area contributed by atoms with Crippen LogP contribution >= 0.6 is 0 Å². The van der Waals surface area contributed by atoms with Crippen LogP contribution in [-0.2, 0) is 9.53 Å². The van der Waals surface area contributed by atoms with Crippen molar-refractivity contribution >= 4 is 5.91 Å². The fourth-order valence-corrected chi connectivity index (χ4v) is 1.51. The van der Waals surface area contributed by atoms with Gasteiger partial charge >= 0.3 is 0 Å². The molecule has 0 aliphatic carbocycles. The Balaban J connectivity index is 2.80. The molecule has 1 heterocycles. The summed E-state index contributed by atoms with van der Waals surface area (Å²) in [6.07, 6.45) is 0.812. The van der Waals surface area contributed by atoms with Crippen molar-refractivity contribution in [3.05, 3.63) is 12.2 Å². The first-order valence-electron chi connectivity index (χ1n) is 4.62. The van der Waals surface area contributed by atoms with E-state index in [1.165, 1.54) is 0 Å². The Kier molecular flexibility index (Phi) is 2.76. The maximum Gasteiger partial charge on any atom is 0.251 e. The Morgan fingerprint density at radius 3 is 2.77 bits per heavy atom. The molecule has 0 spiro atoms. The van der Waals surface area contributed by atoms with Crippen LogP contribution in [0.2, 0.25) is 0 Å². The normalized spacial score (nSPS) is 27.8. The van der Waals surface area contributed by atoms with Gasteiger partial charge in [0.05, 0.1) is 6.61 Å². The van der Waals surface area contributed by atoms with Gasteiger partial charge in [0.2, 0.25) is 0 Å². The summed E-state index contributed by atoms with van der Waals surface area (Å²) in [6, 6.07) is 0. The van der Waals surface area contributed by atoms with Crippen molar-refractivity contribution in [3.63, 3.8) is 0 Å². The molecule has 74 valence electrons. The number of rotatable bonds is 2. The minimum Gasteiger partial charge on any atom is -0.354 e. The van der Waals surface area contributed by atoms with Crippen LogP contribution in [0.25, 0.3) is 0 Å². The van der Waals surface area contributed by atoms with Crippen molar-refractivity contribution in [2.24, 2.45) is 0 Å².